The molecule has 3 saturated heterocycles. The van der Waals surface area contributed by atoms with Gasteiger partial charge in [-0.3, -0.25) is 4.79 Å². The number of amides is 1. The van der Waals surface area contributed by atoms with Gasteiger partial charge in [0.15, 0.2) is 11.3 Å². The highest BCUT2D eigenvalue weighted by Crippen LogP contribution is 2.28. The summed E-state index contributed by atoms with van der Waals surface area (Å²) in [6.07, 6.45) is 9.53. The number of fused-ring (bicyclic) bond motifs is 3. The number of piperidine rings is 1. The zero-order valence-electron chi connectivity index (χ0n) is 16.7. The van der Waals surface area contributed by atoms with Crippen molar-refractivity contribution in [3.05, 3.63) is 17.8 Å². The van der Waals surface area contributed by atoms with Crippen molar-refractivity contribution in [1.82, 2.24) is 25.4 Å². The van der Waals surface area contributed by atoms with Gasteiger partial charge in [-0.05, 0) is 50.7 Å². The second kappa shape index (κ2) is 7.35. The van der Waals surface area contributed by atoms with Crippen molar-refractivity contribution in [2.24, 2.45) is 7.05 Å². The Morgan fingerprint density at radius 3 is 2.54 bits per heavy atom. The summed E-state index contributed by atoms with van der Waals surface area (Å²) in [6.45, 7) is 2.11. The maximum Gasteiger partial charge on any atom is 0.272 e. The molecule has 0 saturated carbocycles. The SMILES string of the molecule is Cn1nc(C(=O)NC2CC3CC[C@@H](C2)N3)c2ccc(N3CCCCCC3)nc21. The molecule has 2 unspecified atom stereocenters. The van der Waals surface area contributed by atoms with E-state index in [0.29, 0.717) is 17.8 Å². The first-order valence-corrected chi connectivity index (χ1v) is 10.8. The van der Waals surface area contributed by atoms with E-state index in [-0.39, 0.29) is 11.9 Å². The van der Waals surface area contributed by atoms with E-state index in [1.807, 2.05) is 13.1 Å². The van der Waals surface area contributed by atoms with E-state index in [2.05, 4.69) is 26.7 Å². The van der Waals surface area contributed by atoms with Crippen molar-refractivity contribution in [1.29, 1.82) is 0 Å². The summed E-state index contributed by atoms with van der Waals surface area (Å²) in [5, 5.41) is 12.2. The third-order valence-electron chi connectivity index (χ3n) is 6.63. The molecule has 0 spiro atoms. The summed E-state index contributed by atoms with van der Waals surface area (Å²) in [6, 6.07) is 5.44. The number of aromatic nitrogens is 3. The van der Waals surface area contributed by atoms with Crippen molar-refractivity contribution in [3.8, 4) is 0 Å². The highest BCUT2D eigenvalue weighted by Gasteiger charge is 2.34. The highest BCUT2D eigenvalue weighted by atomic mass is 16.2. The van der Waals surface area contributed by atoms with Crippen molar-refractivity contribution in [3.63, 3.8) is 0 Å². The normalized spacial score (nSPS) is 27.8. The molecular weight excluding hydrogens is 352 g/mol. The molecule has 2 aromatic heterocycles. The van der Waals surface area contributed by atoms with Crippen LogP contribution in [0, 0.1) is 0 Å². The molecule has 28 heavy (non-hydrogen) atoms. The lowest BCUT2D eigenvalue weighted by molar-refractivity contribution is 0.0919. The Kier molecular flexibility index (Phi) is 4.70. The number of hydrogen-bond donors (Lipinski definition) is 2. The van der Waals surface area contributed by atoms with Crippen LogP contribution >= 0.6 is 0 Å². The molecule has 0 radical (unpaired) electrons. The van der Waals surface area contributed by atoms with E-state index in [1.54, 1.807) is 4.68 Å². The number of nitrogens with one attached hydrogen (secondary N) is 2. The molecule has 7 nitrogen and oxygen atoms in total. The maximum atomic E-state index is 13.0. The fourth-order valence-electron chi connectivity index (χ4n) is 5.19. The van der Waals surface area contributed by atoms with E-state index in [4.69, 9.17) is 4.98 Å². The third-order valence-corrected chi connectivity index (χ3v) is 6.63. The van der Waals surface area contributed by atoms with Crippen molar-refractivity contribution in [2.45, 2.75) is 69.5 Å². The first kappa shape index (κ1) is 17.9. The fourth-order valence-corrected chi connectivity index (χ4v) is 5.19. The van der Waals surface area contributed by atoms with Gasteiger partial charge in [-0.15, -0.1) is 0 Å². The first-order chi connectivity index (χ1) is 13.7. The van der Waals surface area contributed by atoms with E-state index < -0.39 is 0 Å². The molecule has 1 amide bonds. The van der Waals surface area contributed by atoms with Crippen molar-refractivity contribution < 1.29 is 4.79 Å². The number of aryl methyl sites for hydroxylation is 1. The minimum absolute atomic E-state index is 0.0683. The van der Waals surface area contributed by atoms with Crippen LogP contribution in [0.4, 0.5) is 5.82 Å². The summed E-state index contributed by atoms with van der Waals surface area (Å²) in [7, 11) is 1.88. The minimum Gasteiger partial charge on any atom is -0.357 e. The van der Waals surface area contributed by atoms with Gasteiger partial charge in [0.05, 0.1) is 5.39 Å². The molecule has 3 fully saturated rings. The Bertz CT molecular complexity index is 857. The molecule has 0 aromatic carbocycles. The molecule has 2 aromatic rings. The van der Waals surface area contributed by atoms with Crippen LogP contribution in [0.1, 0.15) is 61.9 Å². The zero-order valence-corrected chi connectivity index (χ0v) is 16.7. The molecule has 3 aliphatic rings. The Morgan fingerprint density at radius 1 is 1.11 bits per heavy atom. The monoisotopic (exact) mass is 382 g/mol. The number of rotatable bonds is 3. The van der Waals surface area contributed by atoms with Crippen LogP contribution in [0.2, 0.25) is 0 Å². The van der Waals surface area contributed by atoms with Crippen LogP contribution in [0.5, 0.6) is 0 Å². The fraction of sp³-hybridized carbons (Fsp3) is 0.667. The van der Waals surface area contributed by atoms with Crippen LogP contribution in [0.15, 0.2) is 12.1 Å². The largest absolute Gasteiger partial charge is 0.357 e. The van der Waals surface area contributed by atoms with Crippen molar-refractivity contribution >= 4 is 22.8 Å². The number of pyridine rings is 1. The number of hydrogen-bond acceptors (Lipinski definition) is 5. The van der Waals surface area contributed by atoms with E-state index in [0.717, 1.165) is 42.8 Å². The van der Waals surface area contributed by atoms with Gasteiger partial charge in [-0.25, -0.2) is 9.67 Å². The summed E-state index contributed by atoms with van der Waals surface area (Å²) in [4.78, 5) is 20.2. The molecule has 2 bridgehead atoms. The van der Waals surface area contributed by atoms with Gasteiger partial charge in [0.2, 0.25) is 0 Å². The third kappa shape index (κ3) is 3.36. The number of nitrogens with zero attached hydrogens (tertiary/aromatic N) is 4. The van der Waals surface area contributed by atoms with Crippen LogP contribution in [-0.4, -0.2) is 51.9 Å². The molecule has 150 valence electrons. The lowest BCUT2D eigenvalue weighted by Crippen LogP contribution is -2.48. The summed E-state index contributed by atoms with van der Waals surface area (Å²) < 4.78 is 1.75. The van der Waals surface area contributed by atoms with Gasteiger partial charge in [-0.2, -0.15) is 5.10 Å². The second-order valence-corrected chi connectivity index (χ2v) is 8.69. The van der Waals surface area contributed by atoms with Gasteiger partial charge in [0.1, 0.15) is 5.82 Å². The Morgan fingerprint density at radius 2 is 1.82 bits per heavy atom. The second-order valence-electron chi connectivity index (χ2n) is 8.69. The molecule has 2 N–H and O–H groups in total. The van der Waals surface area contributed by atoms with Gasteiger partial charge >= 0.3 is 0 Å². The molecule has 0 aliphatic carbocycles. The van der Waals surface area contributed by atoms with E-state index in [9.17, 15) is 4.79 Å². The average molecular weight is 383 g/mol. The van der Waals surface area contributed by atoms with Gasteiger partial charge < -0.3 is 15.5 Å². The predicted octanol–water partition coefficient (Wildman–Crippen LogP) is 2.36. The van der Waals surface area contributed by atoms with Gasteiger partial charge in [0, 0.05) is 38.3 Å². The average Bonchev–Trinajstić information content (AvgIpc) is 3.07. The number of anilines is 1. The predicted molar refractivity (Wildman–Crippen MR) is 110 cm³/mol. The molecule has 3 aliphatic heterocycles. The standard InChI is InChI=1S/C21H30N6O/c1-26-20-17(8-9-18(24-20)27-10-4-2-3-5-11-27)19(25-26)21(28)23-16-12-14-6-7-15(13-16)22-14/h8-9,14-16,22H,2-7,10-13H2,1H3,(H,23,28)/t14-,15?,16?/m0/s1. The molecule has 7 heteroatoms. The Hall–Kier alpha value is -2.15. The number of carbonyl (C=O) groups excluding carboxylic acids is 1. The Balaban J connectivity index is 1.37. The van der Waals surface area contributed by atoms with Crippen LogP contribution in [0.3, 0.4) is 0 Å². The number of carbonyl (C=O) groups is 1. The first-order valence-electron chi connectivity index (χ1n) is 10.8. The quantitative estimate of drug-likeness (QED) is 0.852. The van der Waals surface area contributed by atoms with Crippen molar-refractivity contribution in [2.75, 3.05) is 18.0 Å². The Labute approximate surface area is 165 Å². The molecule has 3 atom stereocenters. The van der Waals surface area contributed by atoms with Crippen LogP contribution in [0.25, 0.3) is 11.0 Å². The van der Waals surface area contributed by atoms with Gasteiger partial charge in [-0.1, -0.05) is 12.8 Å². The molecule has 5 heterocycles. The van der Waals surface area contributed by atoms with E-state index >= 15 is 0 Å². The molecule has 5 rings (SSSR count). The highest BCUT2D eigenvalue weighted by molar-refractivity contribution is 6.04. The molecular formula is C21H30N6O. The topological polar surface area (TPSA) is 75.1 Å². The summed E-state index contributed by atoms with van der Waals surface area (Å²) in [5.74, 6) is 0.931. The minimum atomic E-state index is -0.0683. The smallest absolute Gasteiger partial charge is 0.272 e. The van der Waals surface area contributed by atoms with Gasteiger partial charge in [0.25, 0.3) is 5.91 Å². The van der Waals surface area contributed by atoms with E-state index in [1.165, 1.54) is 38.5 Å². The lowest BCUT2D eigenvalue weighted by atomic mass is 9.99. The summed E-state index contributed by atoms with van der Waals surface area (Å²) in [5.41, 5.74) is 1.29. The zero-order chi connectivity index (χ0) is 19.1. The van der Waals surface area contributed by atoms with Crippen LogP contribution in [-0.2, 0) is 7.05 Å². The maximum absolute atomic E-state index is 13.0. The lowest BCUT2D eigenvalue weighted by Gasteiger charge is -2.29. The van der Waals surface area contributed by atoms with Crippen LogP contribution < -0.4 is 15.5 Å². The summed E-state index contributed by atoms with van der Waals surface area (Å²) >= 11 is 0.